The Labute approximate surface area is 123 Å². The molecular formula is C13H18FN3O3S. The Kier molecular flexibility index (Phi) is 4.20. The van der Waals surface area contributed by atoms with Gasteiger partial charge in [0.25, 0.3) is 0 Å². The van der Waals surface area contributed by atoms with E-state index in [2.05, 4.69) is 0 Å². The number of nitrogens with two attached hydrogens (primary N) is 2. The van der Waals surface area contributed by atoms with E-state index in [1.54, 1.807) is 0 Å². The summed E-state index contributed by atoms with van der Waals surface area (Å²) in [5.41, 5.74) is 10.8. The molecule has 0 aromatic heterocycles. The molecule has 0 unspecified atom stereocenters. The minimum absolute atomic E-state index is 0.000995. The van der Waals surface area contributed by atoms with Crippen LogP contribution in [0.2, 0.25) is 0 Å². The van der Waals surface area contributed by atoms with Crippen LogP contribution in [0.5, 0.6) is 0 Å². The van der Waals surface area contributed by atoms with Gasteiger partial charge < -0.3 is 11.5 Å². The van der Waals surface area contributed by atoms with Crippen molar-refractivity contribution in [2.75, 3.05) is 18.8 Å². The molecule has 8 heteroatoms. The van der Waals surface area contributed by atoms with Gasteiger partial charge in [-0.2, -0.15) is 4.31 Å². The molecule has 6 nitrogen and oxygen atoms in total. The van der Waals surface area contributed by atoms with Crippen LogP contribution in [0.15, 0.2) is 17.0 Å². The van der Waals surface area contributed by atoms with Gasteiger partial charge in [-0.15, -0.1) is 0 Å². The highest BCUT2D eigenvalue weighted by atomic mass is 32.2. The van der Waals surface area contributed by atoms with Gasteiger partial charge >= 0.3 is 0 Å². The summed E-state index contributed by atoms with van der Waals surface area (Å²) in [7, 11) is -3.75. The summed E-state index contributed by atoms with van der Waals surface area (Å²) in [4.78, 5) is 11.1. The predicted molar refractivity (Wildman–Crippen MR) is 76.2 cm³/mol. The van der Waals surface area contributed by atoms with Crippen molar-refractivity contribution in [3.05, 3.63) is 23.5 Å². The highest BCUT2D eigenvalue weighted by Gasteiger charge is 2.32. The molecule has 0 spiro atoms. The molecule has 0 radical (unpaired) electrons. The number of sulfonamides is 1. The van der Waals surface area contributed by atoms with Crippen LogP contribution in [0.3, 0.4) is 0 Å². The van der Waals surface area contributed by atoms with Gasteiger partial charge in [0.05, 0.1) is 10.6 Å². The summed E-state index contributed by atoms with van der Waals surface area (Å²) in [5.74, 6) is -1.34. The third-order valence-corrected chi connectivity index (χ3v) is 5.81. The van der Waals surface area contributed by atoms with Crippen LogP contribution in [-0.2, 0) is 14.8 Å². The van der Waals surface area contributed by atoms with Crippen molar-refractivity contribution >= 4 is 21.6 Å². The van der Waals surface area contributed by atoms with E-state index in [0.717, 1.165) is 12.1 Å². The molecular weight excluding hydrogens is 297 g/mol. The fraction of sp³-hybridized carbons (Fsp3) is 0.462. The van der Waals surface area contributed by atoms with E-state index >= 15 is 0 Å². The highest BCUT2D eigenvalue weighted by Crippen LogP contribution is 2.28. The lowest BCUT2D eigenvalue weighted by atomic mass is 9.98. The number of aryl methyl sites for hydroxylation is 1. The molecule has 0 atom stereocenters. The second kappa shape index (κ2) is 5.61. The number of rotatable bonds is 3. The van der Waals surface area contributed by atoms with Crippen LogP contribution >= 0.6 is 0 Å². The lowest BCUT2D eigenvalue weighted by molar-refractivity contribution is -0.122. The average molecular weight is 315 g/mol. The van der Waals surface area contributed by atoms with Crippen LogP contribution in [-0.4, -0.2) is 31.7 Å². The molecule has 1 aromatic rings. The zero-order valence-electron chi connectivity index (χ0n) is 11.7. The summed E-state index contributed by atoms with van der Waals surface area (Å²) in [6, 6.07) is 2.25. The Balaban J connectivity index is 2.28. The summed E-state index contributed by atoms with van der Waals surface area (Å²) >= 11 is 0. The fourth-order valence-electron chi connectivity index (χ4n) is 2.47. The Morgan fingerprint density at radius 1 is 1.33 bits per heavy atom. The van der Waals surface area contributed by atoms with Crippen molar-refractivity contribution in [3.63, 3.8) is 0 Å². The number of primary amides is 1. The molecule has 1 aromatic carbocycles. The smallest absolute Gasteiger partial charge is 0.243 e. The maximum absolute atomic E-state index is 13.3. The van der Waals surface area contributed by atoms with Gasteiger partial charge in [0.15, 0.2) is 0 Å². The second-order valence-corrected chi connectivity index (χ2v) is 7.13. The van der Waals surface area contributed by atoms with E-state index in [1.165, 1.54) is 11.2 Å². The summed E-state index contributed by atoms with van der Waals surface area (Å²) in [6.07, 6.45) is 0.786. The van der Waals surface area contributed by atoms with Crippen molar-refractivity contribution in [1.29, 1.82) is 0 Å². The number of piperidine rings is 1. The van der Waals surface area contributed by atoms with Gasteiger partial charge in [0.2, 0.25) is 15.9 Å². The molecule has 0 saturated carbocycles. The standard InChI is InChI=1S/C13H18FN3O3S/c1-8-6-10(14)11(15)7-12(8)21(19,20)17-4-2-9(3-5-17)13(16)18/h6-7,9H,2-5,15H2,1H3,(H2,16,18). The normalized spacial score (nSPS) is 17.8. The number of amides is 1. The number of hydrogen-bond donors (Lipinski definition) is 2. The number of carbonyl (C=O) groups excluding carboxylic acids is 1. The van der Waals surface area contributed by atoms with Crippen molar-refractivity contribution in [2.45, 2.75) is 24.7 Å². The van der Waals surface area contributed by atoms with Crippen molar-refractivity contribution in [2.24, 2.45) is 11.7 Å². The molecule has 2 rings (SSSR count). The van der Waals surface area contributed by atoms with E-state index in [9.17, 15) is 17.6 Å². The average Bonchev–Trinajstić information content (AvgIpc) is 2.42. The quantitative estimate of drug-likeness (QED) is 0.797. The first kappa shape index (κ1) is 15.7. The summed E-state index contributed by atoms with van der Waals surface area (Å²) < 4.78 is 39.8. The molecule has 1 heterocycles. The third kappa shape index (κ3) is 3.01. The molecule has 1 fully saturated rings. The van der Waals surface area contributed by atoms with E-state index < -0.39 is 21.7 Å². The lowest BCUT2D eigenvalue weighted by Gasteiger charge is -2.30. The molecule has 21 heavy (non-hydrogen) atoms. The van der Waals surface area contributed by atoms with Crippen LogP contribution in [0, 0.1) is 18.7 Å². The summed E-state index contributed by atoms with van der Waals surface area (Å²) in [6.45, 7) is 1.95. The number of carbonyl (C=O) groups is 1. The van der Waals surface area contributed by atoms with Crippen LogP contribution in [0.4, 0.5) is 10.1 Å². The molecule has 1 saturated heterocycles. The molecule has 1 aliphatic rings. The Morgan fingerprint density at radius 3 is 2.43 bits per heavy atom. The Bertz CT molecular complexity index is 667. The predicted octanol–water partition coefficient (Wildman–Crippen LogP) is 0.602. The van der Waals surface area contributed by atoms with Gasteiger partial charge in [0.1, 0.15) is 5.82 Å². The van der Waals surface area contributed by atoms with Crippen LogP contribution in [0.1, 0.15) is 18.4 Å². The second-order valence-electron chi connectivity index (χ2n) is 5.22. The van der Waals surface area contributed by atoms with E-state index in [-0.39, 0.29) is 29.6 Å². The van der Waals surface area contributed by atoms with Gasteiger partial charge in [-0.05, 0) is 37.5 Å². The maximum Gasteiger partial charge on any atom is 0.243 e. The first-order chi connectivity index (χ1) is 9.73. The van der Waals surface area contributed by atoms with Crippen molar-refractivity contribution in [3.8, 4) is 0 Å². The fourth-order valence-corrected chi connectivity index (χ4v) is 4.18. The van der Waals surface area contributed by atoms with Gasteiger partial charge in [-0.3, -0.25) is 4.79 Å². The molecule has 116 valence electrons. The monoisotopic (exact) mass is 315 g/mol. The SMILES string of the molecule is Cc1cc(F)c(N)cc1S(=O)(=O)N1CCC(C(N)=O)CC1. The van der Waals surface area contributed by atoms with Crippen molar-refractivity contribution in [1.82, 2.24) is 4.31 Å². The number of hydrogen-bond acceptors (Lipinski definition) is 4. The molecule has 1 aliphatic heterocycles. The minimum Gasteiger partial charge on any atom is -0.396 e. The van der Waals surface area contributed by atoms with Gasteiger partial charge in [-0.25, -0.2) is 12.8 Å². The summed E-state index contributed by atoms with van der Waals surface area (Å²) in [5, 5.41) is 0. The number of nitrogens with zero attached hydrogens (tertiary/aromatic N) is 1. The molecule has 0 aliphatic carbocycles. The molecule has 4 N–H and O–H groups in total. The maximum atomic E-state index is 13.3. The van der Waals surface area contributed by atoms with Crippen molar-refractivity contribution < 1.29 is 17.6 Å². The lowest BCUT2D eigenvalue weighted by Crippen LogP contribution is -2.41. The number of benzene rings is 1. The Morgan fingerprint density at radius 2 is 1.90 bits per heavy atom. The van der Waals surface area contributed by atoms with Crippen LogP contribution in [0.25, 0.3) is 0 Å². The number of anilines is 1. The van der Waals surface area contributed by atoms with E-state index in [4.69, 9.17) is 11.5 Å². The number of halogens is 1. The number of nitrogen functional groups attached to an aromatic ring is 1. The minimum atomic E-state index is -3.75. The van der Waals surface area contributed by atoms with Crippen LogP contribution < -0.4 is 11.5 Å². The zero-order chi connectivity index (χ0) is 15.8. The highest BCUT2D eigenvalue weighted by molar-refractivity contribution is 7.89. The largest absolute Gasteiger partial charge is 0.396 e. The first-order valence-electron chi connectivity index (χ1n) is 6.58. The molecule has 1 amide bonds. The van der Waals surface area contributed by atoms with E-state index in [1.807, 2.05) is 0 Å². The van der Waals surface area contributed by atoms with Gasteiger partial charge in [0, 0.05) is 19.0 Å². The first-order valence-corrected chi connectivity index (χ1v) is 8.02. The Hall–Kier alpha value is -1.67. The third-order valence-electron chi connectivity index (χ3n) is 3.77. The molecule has 0 bridgehead atoms. The zero-order valence-corrected chi connectivity index (χ0v) is 12.5. The van der Waals surface area contributed by atoms with E-state index in [0.29, 0.717) is 18.4 Å². The topological polar surface area (TPSA) is 106 Å². The van der Waals surface area contributed by atoms with Gasteiger partial charge in [-0.1, -0.05) is 0 Å².